The maximum absolute atomic E-state index is 8.00. The average molecular weight is 391 g/mol. The molecule has 16 heavy (non-hydrogen) atoms. The molecular weight excluding hydrogens is 363 g/mol. The third-order valence-electron chi connectivity index (χ3n) is 0.919. The minimum atomic E-state index is 0. The van der Waals surface area contributed by atoms with Crippen molar-refractivity contribution in [3.63, 3.8) is 0 Å². The molecule has 1 aliphatic carbocycles. The number of aliphatic hydroxyl groups is 1. The zero-order chi connectivity index (χ0) is 7.66. The molecule has 0 atom stereocenters. The van der Waals surface area contributed by atoms with Gasteiger partial charge in [-0.05, 0) is 6.42 Å². The zero-order valence-electron chi connectivity index (χ0n) is 11.6. The molecular formula is C14H28HfO-6. The topological polar surface area (TPSA) is 20.2 Å². The molecule has 0 heterocycles. The van der Waals surface area contributed by atoms with E-state index in [4.69, 9.17) is 5.11 Å². The molecule has 1 aliphatic rings. The smallest absolute Gasteiger partial charge is 0.0465 e. The minimum absolute atomic E-state index is 0. The Morgan fingerprint density at radius 3 is 1.75 bits per heavy atom. The normalized spacial score (nSPS) is 7.81. The summed E-state index contributed by atoms with van der Waals surface area (Å²) in [5.41, 5.74) is 0. The summed E-state index contributed by atoms with van der Waals surface area (Å²) >= 11 is 0. The Morgan fingerprint density at radius 1 is 1.19 bits per heavy atom. The van der Waals surface area contributed by atoms with Crippen molar-refractivity contribution in [2.24, 2.45) is 0 Å². The largest absolute Gasteiger partial charge is 0.396 e. The third kappa shape index (κ3) is 48.1. The number of hydrogen-bond donors (Lipinski definition) is 1. The molecule has 0 saturated carbocycles. The summed E-state index contributed by atoms with van der Waals surface area (Å²) in [6.07, 6.45) is 12.4. The molecule has 1 rings (SSSR count). The Labute approximate surface area is 124 Å². The molecule has 100 valence electrons. The van der Waals surface area contributed by atoms with Crippen molar-refractivity contribution < 1.29 is 30.9 Å². The summed E-state index contributed by atoms with van der Waals surface area (Å²) in [5.74, 6) is 0. The molecule has 0 spiro atoms. The predicted molar refractivity (Wildman–Crippen MR) is 75.5 cm³/mol. The molecule has 0 radical (unpaired) electrons. The molecule has 2 heteroatoms. The van der Waals surface area contributed by atoms with E-state index < -0.39 is 0 Å². The SMILES string of the molecule is C=CCCO.[C-]1=CC=CC1.[CH3-].[CH3-].[CH3-].[CH3-].[CH3-].[Hf]. The van der Waals surface area contributed by atoms with Gasteiger partial charge in [0.05, 0.1) is 0 Å². The van der Waals surface area contributed by atoms with Crippen LogP contribution >= 0.6 is 0 Å². The van der Waals surface area contributed by atoms with Gasteiger partial charge in [0, 0.05) is 32.5 Å². The minimum Gasteiger partial charge on any atom is -0.396 e. The van der Waals surface area contributed by atoms with Gasteiger partial charge >= 0.3 is 0 Å². The van der Waals surface area contributed by atoms with Crippen LogP contribution < -0.4 is 0 Å². The average Bonchev–Trinajstić information content (AvgIpc) is 2.44. The summed E-state index contributed by atoms with van der Waals surface area (Å²) in [6, 6.07) is 0. The number of hydrogen-bond acceptors (Lipinski definition) is 1. The Bertz CT molecular complexity index is 119. The van der Waals surface area contributed by atoms with Gasteiger partial charge in [-0.1, -0.05) is 6.08 Å². The Morgan fingerprint density at radius 2 is 1.69 bits per heavy atom. The number of allylic oxidation sites excluding steroid dienone is 4. The molecule has 0 aromatic heterocycles. The quantitative estimate of drug-likeness (QED) is 0.427. The first-order valence-electron chi connectivity index (χ1n) is 3.35. The van der Waals surface area contributed by atoms with Crippen molar-refractivity contribution in [2.75, 3.05) is 6.61 Å². The van der Waals surface area contributed by atoms with Crippen LogP contribution in [0.3, 0.4) is 0 Å². The molecule has 0 aromatic rings. The van der Waals surface area contributed by atoms with Gasteiger partial charge in [-0.15, -0.1) is 13.0 Å². The van der Waals surface area contributed by atoms with Crippen LogP contribution in [-0.4, -0.2) is 11.7 Å². The molecule has 0 unspecified atom stereocenters. The van der Waals surface area contributed by atoms with Crippen LogP contribution in [0.2, 0.25) is 0 Å². The van der Waals surface area contributed by atoms with Crippen LogP contribution in [0.25, 0.3) is 0 Å². The third-order valence-corrected chi connectivity index (χ3v) is 0.919. The fourth-order valence-corrected chi connectivity index (χ4v) is 0.431. The molecule has 0 fully saturated rings. The number of aliphatic hydroxyl groups excluding tert-OH is 1. The van der Waals surface area contributed by atoms with Crippen LogP contribution in [0.15, 0.2) is 30.9 Å². The molecule has 0 aliphatic heterocycles. The van der Waals surface area contributed by atoms with Crippen LogP contribution in [0.5, 0.6) is 0 Å². The van der Waals surface area contributed by atoms with Gasteiger partial charge in [-0.2, -0.15) is 6.08 Å². The fourth-order valence-electron chi connectivity index (χ4n) is 0.431. The van der Waals surface area contributed by atoms with E-state index in [2.05, 4.69) is 18.7 Å². The molecule has 0 amide bonds. The van der Waals surface area contributed by atoms with Crippen molar-refractivity contribution in [3.05, 3.63) is 74.1 Å². The van der Waals surface area contributed by atoms with Crippen LogP contribution in [0, 0.1) is 43.2 Å². The predicted octanol–water partition coefficient (Wildman–Crippen LogP) is 4.11. The first kappa shape index (κ1) is 44.4. The molecule has 0 aromatic carbocycles. The van der Waals surface area contributed by atoms with Crippen molar-refractivity contribution in [1.29, 1.82) is 0 Å². The van der Waals surface area contributed by atoms with Gasteiger partial charge in [-0.25, -0.2) is 12.2 Å². The summed E-state index contributed by atoms with van der Waals surface area (Å²) < 4.78 is 0. The van der Waals surface area contributed by atoms with Crippen LogP contribution in [0.1, 0.15) is 12.8 Å². The maximum atomic E-state index is 8.00. The molecule has 0 bridgehead atoms. The fraction of sp³-hybridized carbons (Fsp3) is 0.214. The van der Waals surface area contributed by atoms with E-state index in [-0.39, 0.29) is 69.6 Å². The summed E-state index contributed by atoms with van der Waals surface area (Å²) in [5, 5.41) is 8.00. The summed E-state index contributed by atoms with van der Waals surface area (Å²) in [7, 11) is 0. The second-order valence-corrected chi connectivity index (χ2v) is 1.80. The van der Waals surface area contributed by atoms with E-state index in [1.54, 1.807) is 6.08 Å². The Kier molecular flexibility index (Phi) is 127. The summed E-state index contributed by atoms with van der Waals surface area (Å²) in [6.45, 7) is 3.62. The molecule has 1 nitrogen and oxygen atoms in total. The monoisotopic (exact) mass is 392 g/mol. The van der Waals surface area contributed by atoms with Gasteiger partial charge < -0.3 is 42.2 Å². The van der Waals surface area contributed by atoms with Gasteiger partial charge in [0.15, 0.2) is 0 Å². The number of rotatable bonds is 2. The van der Waals surface area contributed by atoms with Gasteiger partial charge in [0.1, 0.15) is 0 Å². The molecule has 0 saturated heterocycles. The molecule has 1 N–H and O–H groups in total. The van der Waals surface area contributed by atoms with E-state index in [1.807, 2.05) is 12.2 Å². The second-order valence-electron chi connectivity index (χ2n) is 1.80. The maximum Gasteiger partial charge on any atom is 0.0465 e. The van der Waals surface area contributed by atoms with E-state index in [9.17, 15) is 0 Å². The van der Waals surface area contributed by atoms with E-state index in [0.717, 1.165) is 6.42 Å². The van der Waals surface area contributed by atoms with Gasteiger partial charge in [-0.3, -0.25) is 6.08 Å². The van der Waals surface area contributed by atoms with Gasteiger partial charge in [0.25, 0.3) is 0 Å². The zero-order valence-corrected chi connectivity index (χ0v) is 15.2. The standard InChI is InChI=1S/C5H5.C4H8O.5CH3.Hf/c1-2-4-5-3-1;1-2-3-4-5;;;;;;/h1-3H,4H2;2,5H,1,3-4H2;5*1H3;/q-1;;5*-1;. The van der Waals surface area contributed by atoms with Crippen LogP contribution in [-0.2, 0) is 25.8 Å². The van der Waals surface area contributed by atoms with Crippen LogP contribution in [0.4, 0.5) is 0 Å². The van der Waals surface area contributed by atoms with Crippen molar-refractivity contribution in [2.45, 2.75) is 12.8 Å². The van der Waals surface area contributed by atoms with Crippen molar-refractivity contribution in [1.82, 2.24) is 0 Å². The Hall–Kier alpha value is 0.0501. The first-order chi connectivity index (χ1) is 4.91. The van der Waals surface area contributed by atoms with Crippen molar-refractivity contribution >= 4 is 0 Å². The van der Waals surface area contributed by atoms with E-state index in [0.29, 0.717) is 6.42 Å². The summed E-state index contributed by atoms with van der Waals surface area (Å²) in [4.78, 5) is 0. The van der Waals surface area contributed by atoms with E-state index in [1.165, 1.54) is 0 Å². The first-order valence-corrected chi connectivity index (χ1v) is 3.35. The second kappa shape index (κ2) is 45.8. The Balaban J connectivity index is -0.0000000147. The van der Waals surface area contributed by atoms with Gasteiger partial charge in [0.2, 0.25) is 0 Å². The van der Waals surface area contributed by atoms with E-state index >= 15 is 0 Å². The van der Waals surface area contributed by atoms with Crippen molar-refractivity contribution in [3.8, 4) is 0 Å².